The Bertz CT molecular complexity index is 340. The molecule has 0 aromatic heterocycles. The SMILES string of the molecule is CCCC(Br)CNC(=O)CCCc1ccccc1. The van der Waals surface area contributed by atoms with Gasteiger partial charge in [-0.3, -0.25) is 4.79 Å². The highest BCUT2D eigenvalue weighted by Gasteiger charge is 2.05. The zero-order valence-electron chi connectivity index (χ0n) is 11.0. The van der Waals surface area contributed by atoms with Crippen LogP contribution in [0.3, 0.4) is 0 Å². The zero-order chi connectivity index (χ0) is 13.2. The molecule has 0 aliphatic heterocycles. The predicted octanol–water partition coefficient (Wildman–Crippen LogP) is 3.69. The van der Waals surface area contributed by atoms with E-state index in [4.69, 9.17) is 0 Å². The molecule has 0 fully saturated rings. The second kappa shape index (κ2) is 9.15. The highest BCUT2D eigenvalue weighted by Crippen LogP contribution is 2.07. The van der Waals surface area contributed by atoms with Crippen LogP contribution in [0.5, 0.6) is 0 Å². The number of carbonyl (C=O) groups excluding carboxylic acids is 1. The smallest absolute Gasteiger partial charge is 0.220 e. The van der Waals surface area contributed by atoms with Crippen LogP contribution in [0, 0.1) is 0 Å². The van der Waals surface area contributed by atoms with E-state index in [1.165, 1.54) is 5.56 Å². The minimum Gasteiger partial charge on any atom is -0.355 e. The maximum absolute atomic E-state index is 11.6. The molecule has 0 aliphatic carbocycles. The van der Waals surface area contributed by atoms with Crippen LogP contribution in [0.4, 0.5) is 0 Å². The molecular formula is C15H22BrNO. The van der Waals surface area contributed by atoms with Crippen molar-refractivity contribution in [3.8, 4) is 0 Å². The van der Waals surface area contributed by atoms with E-state index in [0.717, 1.165) is 32.2 Å². The van der Waals surface area contributed by atoms with Crippen LogP contribution >= 0.6 is 15.9 Å². The minimum absolute atomic E-state index is 0.159. The molecule has 1 atom stereocenters. The summed E-state index contributed by atoms with van der Waals surface area (Å²) in [4.78, 5) is 12.0. The summed E-state index contributed by atoms with van der Waals surface area (Å²) < 4.78 is 0. The van der Waals surface area contributed by atoms with Gasteiger partial charge >= 0.3 is 0 Å². The summed E-state index contributed by atoms with van der Waals surface area (Å²) in [5.41, 5.74) is 1.30. The monoisotopic (exact) mass is 311 g/mol. The number of carbonyl (C=O) groups is 1. The lowest BCUT2D eigenvalue weighted by molar-refractivity contribution is -0.121. The van der Waals surface area contributed by atoms with Crippen molar-refractivity contribution in [2.45, 2.75) is 43.9 Å². The van der Waals surface area contributed by atoms with Gasteiger partial charge in [-0.2, -0.15) is 0 Å². The Morgan fingerprint density at radius 1 is 1.33 bits per heavy atom. The molecule has 1 amide bonds. The Balaban J connectivity index is 2.10. The van der Waals surface area contributed by atoms with E-state index in [2.05, 4.69) is 40.3 Å². The third kappa shape index (κ3) is 6.80. The van der Waals surface area contributed by atoms with Crippen LogP contribution in [0.1, 0.15) is 38.2 Å². The summed E-state index contributed by atoms with van der Waals surface area (Å²) in [5.74, 6) is 0.159. The van der Waals surface area contributed by atoms with Gasteiger partial charge in [0.05, 0.1) is 0 Å². The summed E-state index contributed by atoms with van der Waals surface area (Å²) in [6.07, 6.45) is 4.74. The van der Waals surface area contributed by atoms with Gasteiger partial charge in [0, 0.05) is 17.8 Å². The molecule has 0 radical (unpaired) electrons. The van der Waals surface area contributed by atoms with Crippen LogP contribution in [-0.2, 0) is 11.2 Å². The van der Waals surface area contributed by atoms with Crippen molar-refractivity contribution >= 4 is 21.8 Å². The number of benzene rings is 1. The average molecular weight is 312 g/mol. The number of hydrogen-bond acceptors (Lipinski definition) is 1. The van der Waals surface area contributed by atoms with Crippen molar-refractivity contribution in [2.75, 3.05) is 6.54 Å². The fraction of sp³-hybridized carbons (Fsp3) is 0.533. The van der Waals surface area contributed by atoms with Crippen molar-refractivity contribution in [1.82, 2.24) is 5.32 Å². The average Bonchev–Trinajstić information content (AvgIpc) is 2.38. The molecule has 1 aromatic carbocycles. The fourth-order valence-electron chi connectivity index (χ4n) is 1.83. The van der Waals surface area contributed by atoms with Gasteiger partial charge in [0.2, 0.25) is 5.91 Å². The molecule has 1 rings (SSSR count). The fourth-order valence-corrected chi connectivity index (χ4v) is 2.45. The van der Waals surface area contributed by atoms with Gasteiger partial charge in [-0.05, 0) is 24.8 Å². The van der Waals surface area contributed by atoms with Gasteiger partial charge in [-0.15, -0.1) is 0 Å². The van der Waals surface area contributed by atoms with Gasteiger partial charge in [-0.1, -0.05) is 59.6 Å². The molecule has 1 unspecified atom stereocenters. The standard InChI is InChI=1S/C15H22BrNO/c1-2-7-14(16)12-17-15(18)11-6-10-13-8-4-3-5-9-13/h3-5,8-9,14H,2,6-7,10-12H2,1H3,(H,17,18). The molecule has 0 bridgehead atoms. The Morgan fingerprint density at radius 3 is 2.72 bits per heavy atom. The van der Waals surface area contributed by atoms with Gasteiger partial charge < -0.3 is 5.32 Å². The molecular weight excluding hydrogens is 290 g/mol. The van der Waals surface area contributed by atoms with Crippen LogP contribution in [-0.4, -0.2) is 17.3 Å². The van der Waals surface area contributed by atoms with E-state index >= 15 is 0 Å². The number of alkyl halides is 1. The number of aryl methyl sites for hydroxylation is 1. The molecule has 0 saturated heterocycles. The zero-order valence-corrected chi connectivity index (χ0v) is 12.6. The van der Waals surface area contributed by atoms with Crippen LogP contribution in [0.2, 0.25) is 0 Å². The first-order chi connectivity index (χ1) is 8.72. The maximum Gasteiger partial charge on any atom is 0.220 e. The van der Waals surface area contributed by atoms with Crippen molar-refractivity contribution < 1.29 is 4.79 Å². The topological polar surface area (TPSA) is 29.1 Å². The first-order valence-corrected chi connectivity index (χ1v) is 7.58. The Kier molecular flexibility index (Phi) is 7.74. The van der Waals surface area contributed by atoms with Crippen molar-refractivity contribution in [1.29, 1.82) is 0 Å². The summed E-state index contributed by atoms with van der Waals surface area (Å²) in [7, 11) is 0. The molecule has 1 aromatic rings. The van der Waals surface area contributed by atoms with E-state index in [9.17, 15) is 4.79 Å². The third-order valence-corrected chi connectivity index (χ3v) is 3.62. The van der Waals surface area contributed by atoms with Crippen LogP contribution in [0.15, 0.2) is 30.3 Å². The molecule has 100 valence electrons. The van der Waals surface area contributed by atoms with E-state index in [1.54, 1.807) is 0 Å². The Morgan fingerprint density at radius 2 is 2.06 bits per heavy atom. The minimum atomic E-state index is 0.159. The van der Waals surface area contributed by atoms with E-state index in [0.29, 0.717) is 11.2 Å². The van der Waals surface area contributed by atoms with Gasteiger partial charge in [0.25, 0.3) is 0 Å². The van der Waals surface area contributed by atoms with Gasteiger partial charge in [0.15, 0.2) is 0 Å². The third-order valence-electron chi connectivity index (χ3n) is 2.83. The lowest BCUT2D eigenvalue weighted by atomic mass is 10.1. The highest BCUT2D eigenvalue weighted by atomic mass is 79.9. The molecule has 3 heteroatoms. The van der Waals surface area contributed by atoms with E-state index in [1.807, 2.05) is 18.2 Å². The number of hydrogen-bond donors (Lipinski definition) is 1. The van der Waals surface area contributed by atoms with Crippen LogP contribution in [0.25, 0.3) is 0 Å². The molecule has 2 nitrogen and oxygen atoms in total. The van der Waals surface area contributed by atoms with Gasteiger partial charge in [-0.25, -0.2) is 0 Å². The Labute approximate surface area is 118 Å². The lowest BCUT2D eigenvalue weighted by Gasteiger charge is -2.09. The number of amides is 1. The molecule has 0 spiro atoms. The summed E-state index contributed by atoms with van der Waals surface area (Å²) in [5, 5.41) is 2.97. The molecule has 0 aliphatic rings. The predicted molar refractivity (Wildman–Crippen MR) is 80.0 cm³/mol. The van der Waals surface area contributed by atoms with Crippen molar-refractivity contribution in [3.63, 3.8) is 0 Å². The molecule has 0 saturated carbocycles. The number of nitrogens with one attached hydrogen (secondary N) is 1. The normalized spacial score (nSPS) is 12.1. The second-order valence-corrected chi connectivity index (χ2v) is 5.82. The quantitative estimate of drug-likeness (QED) is 0.729. The lowest BCUT2D eigenvalue weighted by Crippen LogP contribution is -2.29. The maximum atomic E-state index is 11.6. The first kappa shape index (κ1) is 15.2. The Hall–Kier alpha value is -0.830. The van der Waals surface area contributed by atoms with Gasteiger partial charge in [0.1, 0.15) is 0 Å². The molecule has 0 heterocycles. The largest absolute Gasteiger partial charge is 0.355 e. The summed E-state index contributed by atoms with van der Waals surface area (Å²) in [6.45, 7) is 2.88. The molecule has 18 heavy (non-hydrogen) atoms. The van der Waals surface area contributed by atoms with Crippen molar-refractivity contribution in [3.05, 3.63) is 35.9 Å². The summed E-state index contributed by atoms with van der Waals surface area (Å²) >= 11 is 3.56. The number of halogens is 1. The second-order valence-electron chi connectivity index (χ2n) is 4.53. The highest BCUT2D eigenvalue weighted by molar-refractivity contribution is 9.09. The number of rotatable bonds is 8. The molecule has 1 N–H and O–H groups in total. The van der Waals surface area contributed by atoms with Crippen molar-refractivity contribution in [2.24, 2.45) is 0 Å². The van der Waals surface area contributed by atoms with E-state index in [-0.39, 0.29) is 5.91 Å². The van der Waals surface area contributed by atoms with E-state index < -0.39 is 0 Å². The summed E-state index contributed by atoms with van der Waals surface area (Å²) in [6, 6.07) is 10.3. The van der Waals surface area contributed by atoms with Crippen LogP contribution < -0.4 is 5.32 Å². The first-order valence-electron chi connectivity index (χ1n) is 6.67.